The summed E-state index contributed by atoms with van der Waals surface area (Å²) in [5.74, 6) is -1.06. The van der Waals surface area contributed by atoms with Gasteiger partial charge in [0.05, 0.1) is 0 Å². The third-order valence-corrected chi connectivity index (χ3v) is 7.01. The highest BCUT2D eigenvalue weighted by atomic mass is 16.6. The van der Waals surface area contributed by atoms with Crippen LogP contribution in [0.25, 0.3) is 0 Å². The summed E-state index contributed by atoms with van der Waals surface area (Å²) >= 11 is 0. The van der Waals surface area contributed by atoms with Crippen molar-refractivity contribution in [3.8, 4) is 0 Å². The van der Waals surface area contributed by atoms with Gasteiger partial charge in [-0.1, -0.05) is 93.8 Å². The van der Waals surface area contributed by atoms with Crippen molar-refractivity contribution in [2.24, 2.45) is 5.73 Å². The Morgan fingerprint density at radius 3 is 1.23 bits per heavy atom. The first-order valence-corrected chi connectivity index (χ1v) is 20.3. The number of alkyl carbamates (subject to hydrolysis) is 2. The second kappa shape index (κ2) is 34.6. The number of hydrogen-bond acceptors (Lipinski definition) is 10. The van der Waals surface area contributed by atoms with Crippen molar-refractivity contribution in [3.63, 3.8) is 0 Å². The zero-order chi connectivity index (χ0) is 43.4. The number of hydrogen-bond donors (Lipinski definition) is 4. The molecule has 57 heavy (non-hydrogen) atoms. The Kier molecular flexibility index (Phi) is 33.0. The zero-order valence-electron chi connectivity index (χ0n) is 36.0. The molecule has 13 heteroatoms. The van der Waals surface area contributed by atoms with E-state index in [4.69, 9.17) is 29.8 Å². The van der Waals surface area contributed by atoms with Gasteiger partial charge >= 0.3 is 30.1 Å². The van der Waals surface area contributed by atoms with Crippen molar-refractivity contribution >= 4 is 30.1 Å². The molecule has 0 heterocycles. The molecule has 0 spiro atoms. The van der Waals surface area contributed by atoms with Gasteiger partial charge in [0.1, 0.15) is 24.4 Å². The molecule has 2 aromatic rings. The summed E-state index contributed by atoms with van der Waals surface area (Å²) in [6.45, 7) is 17.5. The highest BCUT2D eigenvalue weighted by Crippen LogP contribution is 2.11. The van der Waals surface area contributed by atoms with E-state index in [0.717, 1.165) is 62.5 Å². The van der Waals surface area contributed by atoms with Crippen LogP contribution in [0.15, 0.2) is 60.7 Å². The van der Waals surface area contributed by atoms with Gasteiger partial charge in [0.2, 0.25) is 0 Å². The molecule has 5 N–H and O–H groups in total. The largest absolute Gasteiger partial charge is 0.481 e. The van der Waals surface area contributed by atoms with Crippen molar-refractivity contribution in [3.05, 3.63) is 71.8 Å². The minimum atomic E-state index is -0.782. The third-order valence-electron chi connectivity index (χ3n) is 7.01. The van der Waals surface area contributed by atoms with Gasteiger partial charge < -0.3 is 40.4 Å². The maximum absolute atomic E-state index is 11.5. The number of carboxylic acid groups (broad SMARTS) is 1. The van der Waals surface area contributed by atoms with Gasteiger partial charge in [-0.05, 0) is 97.7 Å². The maximum Gasteiger partial charge on any atom is 0.407 e. The Morgan fingerprint density at radius 2 is 0.895 bits per heavy atom. The van der Waals surface area contributed by atoms with Crippen LogP contribution in [-0.2, 0) is 46.5 Å². The van der Waals surface area contributed by atoms with Crippen molar-refractivity contribution in [2.75, 3.05) is 19.6 Å². The average molecular weight is 804 g/mol. The first-order chi connectivity index (χ1) is 27.0. The molecule has 0 atom stereocenters. The molecule has 2 aromatic carbocycles. The molecule has 324 valence electrons. The summed E-state index contributed by atoms with van der Waals surface area (Å²) in [6.07, 6.45) is 7.73. The minimum absolute atomic E-state index is 0.107. The molecule has 0 unspecified atom stereocenters. The lowest BCUT2D eigenvalue weighted by molar-refractivity contribution is -0.156. The fourth-order valence-electron chi connectivity index (χ4n) is 4.45. The molecule has 2 rings (SSSR count). The lowest BCUT2D eigenvalue weighted by atomic mass is 10.1. The van der Waals surface area contributed by atoms with Crippen molar-refractivity contribution < 1.29 is 48.0 Å². The summed E-state index contributed by atoms with van der Waals surface area (Å²) in [4.78, 5) is 55.8. The smallest absolute Gasteiger partial charge is 0.407 e. The molecule has 2 amide bonds. The van der Waals surface area contributed by atoms with E-state index in [0.29, 0.717) is 38.9 Å². The zero-order valence-corrected chi connectivity index (χ0v) is 36.0. The molecule has 13 nitrogen and oxygen atoms in total. The van der Waals surface area contributed by atoms with Crippen molar-refractivity contribution in [1.29, 1.82) is 0 Å². The molecular weight excluding hydrogens is 730 g/mol. The SMILES string of the molecule is CC.CC(C)(C)OC(=O)CCCCCN.CC(C)(C)OC(=O)CCCCCNC(=O)OCc1ccccc1.O=C(O)CCCCCNC(=O)OCc1ccccc1. The van der Waals surface area contributed by atoms with Crippen LogP contribution in [0.2, 0.25) is 0 Å². The number of carboxylic acids is 1. The molecule has 0 aromatic heterocycles. The Bertz CT molecular complexity index is 1330. The second-order valence-electron chi connectivity index (χ2n) is 14.8. The monoisotopic (exact) mass is 804 g/mol. The molecule has 0 fully saturated rings. The van der Waals surface area contributed by atoms with Gasteiger partial charge in [-0.3, -0.25) is 14.4 Å². The number of carbonyl (C=O) groups excluding carboxylic acids is 4. The Labute approximate surface area is 342 Å². The van der Waals surface area contributed by atoms with E-state index < -0.39 is 23.8 Å². The van der Waals surface area contributed by atoms with E-state index >= 15 is 0 Å². The predicted molar refractivity (Wildman–Crippen MR) is 224 cm³/mol. The van der Waals surface area contributed by atoms with Crippen LogP contribution in [0.4, 0.5) is 9.59 Å². The van der Waals surface area contributed by atoms with Crippen LogP contribution in [0.1, 0.15) is 144 Å². The van der Waals surface area contributed by atoms with Crippen LogP contribution in [-0.4, -0.2) is 66.0 Å². The fourth-order valence-corrected chi connectivity index (χ4v) is 4.45. The summed E-state index contributed by atoms with van der Waals surface area (Å²) in [5.41, 5.74) is 6.45. The van der Waals surface area contributed by atoms with Crippen LogP contribution >= 0.6 is 0 Å². The topological polar surface area (TPSA) is 193 Å². The average Bonchev–Trinajstić information content (AvgIpc) is 3.15. The third kappa shape index (κ3) is 40.8. The van der Waals surface area contributed by atoms with Gasteiger partial charge in [0.15, 0.2) is 0 Å². The number of benzene rings is 2. The number of ether oxygens (including phenoxy) is 4. The Hall–Kier alpha value is -4.65. The number of carbonyl (C=O) groups is 5. The quantitative estimate of drug-likeness (QED) is 0.0534. The van der Waals surface area contributed by atoms with E-state index in [-0.39, 0.29) is 37.2 Å². The molecular formula is C44H73N3O10. The van der Waals surface area contributed by atoms with E-state index in [9.17, 15) is 24.0 Å². The molecule has 0 saturated heterocycles. The predicted octanol–water partition coefficient (Wildman–Crippen LogP) is 9.25. The Balaban J connectivity index is 0. The molecule has 0 bridgehead atoms. The van der Waals surface area contributed by atoms with Crippen LogP contribution < -0.4 is 16.4 Å². The number of rotatable bonds is 21. The Morgan fingerprint density at radius 1 is 0.544 bits per heavy atom. The van der Waals surface area contributed by atoms with Crippen molar-refractivity contribution in [2.45, 2.75) is 157 Å². The number of nitrogens with two attached hydrogens (primary N) is 1. The van der Waals surface area contributed by atoms with Gasteiger partial charge in [0.25, 0.3) is 0 Å². The first kappa shape index (κ1) is 54.5. The maximum atomic E-state index is 11.5. The molecule has 0 aliphatic carbocycles. The number of amides is 2. The highest BCUT2D eigenvalue weighted by Gasteiger charge is 2.16. The minimum Gasteiger partial charge on any atom is -0.481 e. The van der Waals surface area contributed by atoms with Crippen LogP contribution in [0, 0.1) is 0 Å². The molecule has 0 aliphatic rings. The van der Waals surface area contributed by atoms with Gasteiger partial charge in [-0.25, -0.2) is 9.59 Å². The van der Waals surface area contributed by atoms with Gasteiger partial charge in [0, 0.05) is 32.4 Å². The first-order valence-electron chi connectivity index (χ1n) is 20.3. The normalized spacial score (nSPS) is 10.4. The summed E-state index contributed by atoms with van der Waals surface area (Å²) in [7, 11) is 0. The van der Waals surface area contributed by atoms with Gasteiger partial charge in [-0.15, -0.1) is 0 Å². The second-order valence-corrected chi connectivity index (χ2v) is 14.8. The van der Waals surface area contributed by atoms with Crippen LogP contribution in [0.5, 0.6) is 0 Å². The summed E-state index contributed by atoms with van der Waals surface area (Å²) < 4.78 is 20.5. The molecule has 0 aliphatic heterocycles. The van der Waals surface area contributed by atoms with E-state index in [2.05, 4.69) is 10.6 Å². The summed E-state index contributed by atoms with van der Waals surface area (Å²) in [6, 6.07) is 19.0. The van der Waals surface area contributed by atoms with Crippen LogP contribution in [0.3, 0.4) is 0 Å². The van der Waals surface area contributed by atoms with Gasteiger partial charge in [-0.2, -0.15) is 0 Å². The molecule has 0 saturated carbocycles. The fraction of sp³-hybridized carbons (Fsp3) is 0.614. The number of esters is 2. The van der Waals surface area contributed by atoms with E-state index in [1.807, 2.05) is 116 Å². The van der Waals surface area contributed by atoms with Crippen molar-refractivity contribution in [1.82, 2.24) is 10.6 Å². The lowest BCUT2D eigenvalue weighted by Crippen LogP contribution is -2.25. The number of unbranched alkanes of at least 4 members (excludes halogenated alkanes) is 6. The number of nitrogens with one attached hydrogen (secondary N) is 2. The van der Waals surface area contributed by atoms with E-state index in [1.54, 1.807) is 0 Å². The standard InChI is InChI=1S/C18H27NO4.C14H19NO4.C10H21NO2.C2H6/c1-18(2,3)23-16(20)12-8-5-9-13-19-17(21)22-14-15-10-6-4-7-11-15;16-13(17)9-5-2-6-10-15-14(18)19-11-12-7-3-1-4-8-12;1-10(2,3)13-9(12)7-5-4-6-8-11;1-2/h4,6-7,10-11H,5,8-9,12-14H2,1-3H3,(H,19,21);1,3-4,7-8H,2,5-6,9-11H2,(H,15,18)(H,16,17);4-8,11H2,1-3H3;1-2H3. The number of aliphatic carboxylic acids is 1. The highest BCUT2D eigenvalue weighted by molar-refractivity contribution is 5.70. The molecule has 0 radical (unpaired) electrons. The summed E-state index contributed by atoms with van der Waals surface area (Å²) in [5, 5.41) is 13.8. The lowest BCUT2D eigenvalue weighted by Gasteiger charge is -2.19. The van der Waals surface area contributed by atoms with E-state index in [1.165, 1.54) is 0 Å².